The molecule has 0 saturated carbocycles. The SMILES string of the molecule is N[C]([Pb])(c1ccccc1)c1ccccc1. The Morgan fingerprint density at radius 3 is 1.40 bits per heavy atom. The van der Waals surface area contributed by atoms with Crippen LogP contribution in [-0.4, -0.2) is 25.8 Å². The molecule has 3 radical (unpaired) electrons. The Hall–Kier alpha value is -0.678. The van der Waals surface area contributed by atoms with Gasteiger partial charge in [-0.1, -0.05) is 0 Å². The fraction of sp³-hybridized carbons (Fsp3) is 0.0769. The molecule has 2 N–H and O–H groups in total. The van der Waals surface area contributed by atoms with Crippen molar-refractivity contribution in [3.05, 3.63) is 71.8 Å². The van der Waals surface area contributed by atoms with Crippen LogP contribution in [0.25, 0.3) is 0 Å². The summed E-state index contributed by atoms with van der Waals surface area (Å²) in [5, 5.41) is 0. The Bertz CT molecular complexity index is 381. The van der Waals surface area contributed by atoms with Gasteiger partial charge in [-0.05, 0) is 0 Å². The standard InChI is InChI=1S/C13H12N.Pb/c14-13(11-7-3-1-4-8-11)12-9-5-2-6-10-12;/h1-10H,14H2;. The van der Waals surface area contributed by atoms with Crippen LogP contribution < -0.4 is 5.73 Å². The van der Waals surface area contributed by atoms with Crippen LogP contribution in [0.15, 0.2) is 60.7 Å². The van der Waals surface area contributed by atoms with Gasteiger partial charge in [-0.25, -0.2) is 0 Å². The van der Waals surface area contributed by atoms with Crippen molar-refractivity contribution in [2.45, 2.75) is 3.10 Å². The van der Waals surface area contributed by atoms with Crippen molar-refractivity contribution in [3.8, 4) is 0 Å². The second-order valence-corrected chi connectivity index (χ2v) is 6.61. The Labute approximate surface area is 106 Å². The molecule has 0 spiro atoms. The molecule has 0 aromatic heterocycles. The Balaban J connectivity index is 2.44. The molecule has 0 bridgehead atoms. The molecule has 2 heteroatoms. The van der Waals surface area contributed by atoms with Crippen molar-refractivity contribution in [1.82, 2.24) is 0 Å². The first kappa shape index (κ1) is 10.8. The van der Waals surface area contributed by atoms with Gasteiger partial charge in [0.2, 0.25) is 0 Å². The third kappa shape index (κ3) is 2.29. The molecule has 0 atom stereocenters. The normalized spacial score (nSPS) is 11.3. The first-order chi connectivity index (χ1) is 7.21. The molecule has 0 amide bonds. The van der Waals surface area contributed by atoms with Gasteiger partial charge < -0.3 is 0 Å². The van der Waals surface area contributed by atoms with Gasteiger partial charge in [0.25, 0.3) is 0 Å². The van der Waals surface area contributed by atoms with Crippen LogP contribution in [-0.2, 0) is 3.10 Å². The number of hydrogen-bond acceptors (Lipinski definition) is 1. The molecule has 0 fully saturated rings. The van der Waals surface area contributed by atoms with E-state index < -0.39 is 0 Å². The van der Waals surface area contributed by atoms with E-state index >= 15 is 0 Å². The summed E-state index contributed by atoms with van der Waals surface area (Å²) in [4.78, 5) is 0. The van der Waals surface area contributed by atoms with Gasteiger partial charge in [0, 0.05) is 0 Å². The number of rotatable bonds is 2. The number of nitrogens with two attached hydrogens (primary N) is 1. The molecule has 1 nitrogen and oxygen atoms in total. The molecule has 0 aliphatic rings. The molecule has 0 heterocycles. The Morgan fingerprint density at radius 1 is 0.733 bits per heavy atom. The van der Waals surface area contributed by atoms with E-state index in [0.29, 0.717) is 0 Å². The molecule has 2 aromatic carbocycles. The molecular weight excluding hydrogens is 377 g/mol. The van der Waals surface area contributed by atoms with Crippen molar-refractivity contribution in [2.75, 3.05) is 0 Å². The number of benzene rings is 2. The predicted octanol–water partition coefficient (Wildman–Crippen LogP) is 2.01. The van der Waals surface area contributed by atoms with E-state index in [9.17, 15) is 0 Å². The van der Waals surface area contributed by atoms with Crippen LogP contribution in [0.3, 0.4) is 0 Å². The van der Waals surface area contributed by atoms with Crippen molar-refractivity contribution in [2.24, 2.45) is 5.73 Å². The zero-order chi connectivity index (χ0) is 10.7. The zero-order valence-corrected chi connectivity index (χ0v) is 12.2. The molecule has 15 heavy (non-hydrogen) atoms. The molecule has 2 aromatic rings. The number of hydrogen-bond donors (Lipinski definition) is 1. The first-order valence-electron chi connectivity index (χ1n) is 4.86. The molecule has 0 aliphatic carbocycles. The third-order valence-corrected chi connectivity index (χ3v) is 4.70. The van der Waals surface area contributed by atoms with E-state index in [2.05, 4.69) is 24.3 Å². The minimum atomic E-state index is -0.275. The van der Waals surface area contributed by atoms with E-state index in [1.807, 2.05) is 36.4 Å². The van der Waals surface area contributed by atoms with Gasteiger partial charge in [-0.3, -0.25) is 0 Å². The summed E-state index contributed by atoms with van der Waals surface area (Å²) >= 11 is 0.901. The average molecular weight is 389 g/mol. The second-order valence-electron chi connectivity index (χ2n) is 3.54. The van der Waals surface area contributed by atoms with E-state index in [0.717, 1.165) is 25.8 Å². The molecular formula is C13H12NPb. The Morgan fingerprint density at radius 2 is 1.07 bits per heavy atom. The summed E-state index contributed by atoms with van der Waals surface area (Å²) in [6, 6.07) is 20.6. The minimum absolute atomic E-state index is 0.275. The van der Waals surface area contributed by atoms with Gasteiger partial charge in [-0.2, -0.15) is 0 Å². The monoisotopic (exact) mass is 390 g/mol. The van der Waals surface area contributed by atoms with Crippen molar-refractivity contribution in [3.63, 3.8) is 0 Å². The molecule has 2 rings (SSSR count). The van der Waals surface area contributed by atoms with Crippen LogP contribution in [0.1, 0.15) is 11.1 Å². The van der Waals surface area contributed by atoms with Gasteiger partial charge >= 0.3 is 106 Å². The predicted molar refractivity (Wildman–Crippen MR) is 63.6 cm³/mol. The van der Waals surface area contributed by atoms with E-state index in [1.165, 1.54) is 11.1 Å². The topological polar surface area (TPSA) is 26.0 Å². The van der Waals surface area contributed by atoms with Gasteiger partial charge in [-0.15, -0.1) is 0 Å². The van der Waals surface area contributed by atoms with Crippen LogP contribution in [0, 0.1) is 0 Å². The maximum absolute atomic E-state index is 6.42. The molecule has 0 aliphatic heterocycles. The fourth-order valence-corrected chi connectivity index (χ4v) is 2.86. The quantitative estimate of drug-likeness (QED) is 0.782. The van der Waals surface area contributed by atoms with E-state index in [4.69, 9.17) is 5.73 Å². The summed E-state index contributed by atoms with van der Waals surface area (Å²) in [6.07, 6.45) is 0. The summed E-state index contributed by atoms with van der Waals surface area (Å²) in [6.45, 7) is 0. The maximum atomic E-state index is 6.42. The van der Waals surface area contributed by atoms with Crippen molar-refractivity contribution >= 4 is 25.8 Å². The summed E-state index contributed by atoms with van der Waals surface area (Å²) < 4.78 is -0.275. The van der Waals surface area contributed by atoms with Gasteiger partial charge in [0.15, 0.2) is 0 Å². The summed E-state index contributed by atoms with van der Waals surface area (Å²) in [7, 11) is 0. The second kappa shape index (κ2) is 4.45. The van der Waals surface area contributed by atoms with Gasteiger partial charge in [0.05, 0.1) is 0 Å². The third-order valence-electron chi connectivity index (χ3n) is 2.46. The van der Waals surface area contributed by atoms with Crippen molar-refractivity contribution < 1.29 is 0 Å². The first-order valence-corrected chi connectivity index (χ1v) is 6.80. The van der Waals surface area contributed by atoms with E-state index in [1.54, 1.807) is 0 Å². The molecule has 0 unspecified atom stereocenters. The summed E-state index contributed by atoms with van der Waals surface area (Å²) in [5.41, 5.74) is 8.82. The van der Waals surface area contributed by atoms with Crippen LogP contribution in [0.5, 0.6) is 0 Å². The Kier molecular flexibility index (Phi) is 3.21. The molecule has 73 valence electrons. The fourth-order valence-electron chi connectivity index (χ4n) is 1.57. The van der Waals surface area contributed by atoms with Crippen LogP contribution in [0.2, 0.25) is 0 Å². The van der Waals surface area contributed by atoms with Crippen molar-refractivity contribution in [1.29, 1.82) is 0 Å². The molecule has 0 saturated heterocycles. The van der Waals surface area contributed by atoms with Gasteiger partial charge in [0.1, 0.15) is 0 Å². The summed E-state index contributed by atoms with van der Waals surface area (Å²) in [5.74, 6) is 0. The zero-order valence-electron chi connectivity index (χ0n) is 8.35. The average Bonchev–Trinajstić information content (AvgIpc) is 2.31. The van der Waals surface area contributed by atoms with E-state index in [-0.39, 0.29) is 3.10 Å². The van der Waals surface area contributed by atoms with Crippen LogP contribution in [0.4, 0.5) is 0 Å². The van der Waals surface area contributed by atoms with Crippen LogP contribution >= 0.6 is 0 Å².